The molecule has 0 unspecified atom stereocenters. The highest BCUT2D eigenvalue weighted by molar-refractivity contribution is 5.80. The van der Waals surface area contributed by atoms with Gasteiger partial charge in [0.25, 0.3) is 0 Å². The van der Waals surface area contributed by atoms with Gasteiger partial charge in [0, 0.05) is 44.5 Å². The van der Waals surface area contributed by atoms with Crippen molar-refractivity contribution >= 4 is 11.7 Å². The van der Waals surface area contributed by atoms with E-state index in [1.165, 1.54) is 0 Å². The van der Waals surface area contributed by atoms with Crippen LogP contribution >= 0.6 is 0 Å². The van der Waals surface area contributed by atoms with Crippen LogP contribution in [0.15, 0.2) is 36.5 Å². The van der Waals surface area contributed by atoms with E-state index >= 15 is 0 Å². The second-order valence-corrected chi connectivity index (χ2v) is 7.65. The molecule has 0 bridgehead atoms. The topological polar surface area (TPSA) is 66.9 Å². The fraction of sp³-hybridized carbons (Fsp3) is 0.455. The molecule has 3 heterocycles. The fourth-order valence-corrected chi connectivity index (χ4v) is 3.92. The number of hydrogen-bond acceptors (Lipinski definition) is 6. The second-order valence-electron chi connectivity index (χ2n) is 7.65. The standard InChI is InChI=1S/C22H28N4O3/c1-25-9-11-26(12-10-25)21-17(6-4-8-23-21)14-24-22(27)18-13-16-5-3-7-19(28-2)20(16)29-15-18/h3-8,18H,9-15H2,1-2H3,(H,24,27)/t18-/m0/s1. The molecule has 7 heteroatoms. The lowest BCUT2D eigenvalue weighted by Gasteiger charge is -2.34. The number of aromatic nitrogens is 1. The van der Waals surface area contributed by atoms with Crippen molar-refractivity contribution in [3.8, 4) is 11.5 Å². The molecule has 1 aromatic carbocycles. The van der Waals surface area contributed by atoms with Crippen molar-refractivity contribution in [2.24, 2.45) is 5.92 Å². The van der Waals surface area contributed by atoms with Gasteiger partial charge in [-0.2, -0.15) is 0 Å². The molecule has 1 amide bonds. The van der Waals surface area contributed by atoms with E-state index in [1.54, 1.807) is 7.11 Å². The van der Waals surface area contributed by atoms with Crippen LogP contribution in [0.4, 0.5) is 5.82 Å². The first-order valence-electron chi connectivity index (χ1n) is 10.1. The normalized spacial score (nSPS) is 19.2. The summed E-state index contributed by atoms with van der Waals surface area (Å²) in [5.41, 5.74) is 2.06. The number of carbonyl (C=O) groups is 1. The molecule has 1 fully saturated rings. The van der Waals surface area contributed by atoms with Crippen LogP contribution in [-0.2, 0) is 17.8 Å². The summed E-state index contributed by atoms with van der Waals surface area (Å²) in [5, 5.41) is 3.09. The van der Waals surface area contributed by atoms with Gasteiger partial charge in [-0.3, -0.25) is 4.79 Å². The zero-order valence-corrected chi connectivity index (χ0v) is 17.1. The molecule has 1 atom stereocenters. The maximum atomic E-state index is 12.8. The van der Waals surface area contributed by atoms with Gasteiger partial charge in [0.1, 0.15) is 12.4 Å². The smallest absolute Gasteiger partial charge is 0.227 e. The van der Waals surface area contributed by atoms with Crippen LogP contribution < -0.4 is 19.7 Å². The minimum absolute atomic E-state index is 0.00616. The van der Waals surface area contributed by atoms with Crippen LogP contribution in [0, 0.1) is 5.92 Å². The van der Waals surface area contributed by atoms with Gasteiger partial charge in [0.05, 0.1) is 13.0 Å². The van der Waals surface area contributed by atoms with Gasteiger partial charge in [0.2, 0.25) is 5.91 Å². The highest BCUT2D eigenvalue weighted by Crippen LogP contribution is 2.36. The summed E-state index contributed by atoms with van der Waals surface area (Å²) < 4.78 is 11.2. The van der Waals surface area contributed by atoms with Gasteiger partial charge in [-0.1, -0.05) is 18.2 Å². The SMILES string of the molecule is COc1cccc2c1OC[C@@H](C(=O)NCc1cccnc1N1CCN(C)CC1)C2. The second kappa shape index (κ2) is 8.69. The molecular formula is C22H28N4O3. The Bertz CT molecular complexity index is 865. The zero-order chi connectivity index (χ0) is 20.2. The molecule has 2 aromatic rings. The van der Waals surface area contributed by atoms with E-state index in [1.807, 2.05) is 36.5 Å². The summed E-state index contributed by atoms with van der Waals surface area (Å²) in [4.78, 5) is 22.0. The van der Waals surface area contributed by atoms with Crippen LogP contribution in [0.5, 0.6) is 11.5 Å². The maximum Gasteiger partial charge on any atom is 0.227 e. The summed E-state index contributed by atoms with van der Waals surface area (Å²) in [5.74, 6) is 2.23. The number of likely N-dealkylation sites (N-methyl/N-ethyl adjacent to an activating group) is 1. The number of benzene rings is 1. The quantitative estimate of drug-likeness (QED) is 0.830. The number of fused-ring (bicyclic) bond motifs is 1. The summed E-state index contributed by atoms with van der Waals surface area (Å²) in [6.07, 6.45) is 2.47. The molecule has 2 aliphatic rings. The van der Waals surface area contributed by atoms with Crippen molar-refractivity contribution in [1.82, 2.24) is 15.2 Å². The molecular weight excluding hydrogens is 368 g/mol. The van der Waals surface area contributed by atoms with Crippen molar-refractivity contribution in [2.75, 3.05) is 51.8 Å². The van der Waals surface area contributed by atoms with Crippen molar-refractivity contribution in [3.63, 3.8) is 0 Å². The van der Waals surface area contributed by atoms with Gasteiger partial charge in [-0.15, -0.1) is 0 Å². The Kier molecular flexibility index (Phi) is 5.85. The average Bonchev–Trinajstić information content (AvgIpc) is 2.77. The molecule has 1 saturated heterocycles. The van der Waals surface area contributed by atoms with Crippen molar-refractivity contribution < 1.29 is 14.3 Å². The Morgan fingerprint density at radius 1 is 1.24 bits per heavy atom. The number of nitrogens with one attached hydrogen (secondary N) is 1. The average molecular weight is 396 g/mol. The Labute approximate surface area is 171 Å². The number of piperazine rings is 1. The number of methoxy groups -OCH3 is 1. The highest BCUT2D eigenvalue weighted by atomic mass is 16.5. The van der Waals surface area contributed by atoms with E-state index < -0.39 is 0 Å². The van der Waals surface area contributed by atoms with Crippen LogP contribution in [0.25, 0.3) is 0 Å². The fourth-order valence-electron chi connectivity index (χ4n) is 3.92. The van der Waals surface area contributed by atoms with Gasteiger partial charge < -0.3 is 24.6 Å². The van der Waals surface area contributed by atoms with Crippen LogP contribution in [0.1, 0.15) is 11.1 Å². The van der Waals surface area contributed by atoms with Gasteiger partial charge in [-0.05, 0) is 31.2 Å². The van der Waals surface area contributed by atoms with Gasteiger partial charge in [-0.25, -0.2) is 4.98 Å². The summed E-state index contributed by atoms with van der Waals surface area (Å²) in [6.45, 7) is 4.76. The highest BCUT2D eigenvalue weighted by Gasteiger charge is 2.28. The number of rotatable bonds is 5. The minimum atomic E-state index is -0.210. The van der Waals surface area contributed by atoms with E-state index in [-0.39, 0.29) is 11.8 Å². The molecule has 29 heavy (non-hydrogen) atoms. The van der Waals surface area contributed by atoms with E-state index in [0.29, 0.717) is 25.3 Å². The number of carbonyl (C=O) groups excluding carboxylic acids is 1. The molecule has 1 N–H and O–H groups in total. The summed E-state index contributed by atoms with van der Waals surface area (Å²) in [7, 11) is 3.76. The van der Waals surface area contributed by atoms with E-state index in [2.05, 4.69) is 27.1 Å². The number of pyridine rings is 1. The third kappa shape index (κ3) is 4.29. The molecule has 2 aliphatic heterocycles. The molecule has 0 radical (unpaired) electrons. The lowest BCUT2D eigenvalue weighted by Crippen LogP contribution is -2.45. The Morgan fingerprint density at radius 2 is 2.07 bits per heavy atom. The van der Waals surface area contributed by atoms with Gasteiger partial charge in [0.15, 0.2) is 11.5 Å². The first-order chi connectivity index (χ1) is 14.2. The molecule has 0 saturated carbocycles. The largest absolute Gasteiger partial charge is 0.493 e. The molecule has 7 nitrogen and oxygen atoms in total. The third-order valence-electron chi connectivity index (χ3n) is 5.67. The van der Waals surface area contributed by atoms with Crippen LogP contribution in [0.2, 0.25) is 0 Å². The first-order valence-corrected chi connectivity index (χ1v) is 10.1. The predicted molar refractivity (Wildman–Crippen MR) is 111 cm³/mol. The lowest BCUT2D eigenvalue weighted by atomic mass is 9.95. The van der Waals surface area contributed by atoms with E-state index in [4.69, 9.17) is 9.47 Å². The Morgan fingerprint density at radius 3 is 2.86 bits per heavy atom. The predicted octanol–water partition coefficient (Wildman–Crippen LogP) is 1.71. The number of amides is 1. The molecule has 0 aliphatic carbocycles. The molecule has 4 rings (SSSR count). The maximum absolute atomic E-state index is 12.8. The molecule has 1 aromatic heterocycles. The van der Waals surface area contributed by atoms with Crippen molar-refractivity contribution in [3.05, 3.63) is 47.7 Å². The number of anilines is 1. The van der Waals surface area contributed by atoms with Crippen molar-refractivity contribution in [2.45, 2.75) is 13.0 Å². The monoisotopic (exact) mass is 396 g/mol. The van der Waals surface area contributed by atoms with Crippen molar-refractivity contribution in [1.29, 1.82) is 0 Å². The third-order valence-corrected chi connectivity index (χ3v) is 5.67. The Hall–Kier alpha value is -2.80. The molecule has 0 spiro atoms. The van der Waals surface area contributed by atoms with Gasteiger partial charge >= 0.3 is 0 Å². The lowest BCUT2D eigenvalue weighted by molar-refractivity contribution is -0.126. The van der Waals surface area contributed by atoms with E-state index in [9.17, 15) is 4.79 Å². The summed E-state index contributed by atoms with van der Waals surface area (Å²) in [6, 6.07) is 9.76. The van der Waals surface area contributed by atoms with E-state index in [0.717, 1.165) is 48.9 Å². The summed E-state index contributed by atoms with van der Waals surface area (Å²) >= 11 is 0. The number of nitrogens with zero attached hydrogens (tertiary/aromatic N) is 3. The first kappa shape index (κ1) is 19.5. The molecule has 154 valence electrons. The minimum Gasteiger partial charge on any atom is -0.493 e. The number of para-hydroxylation sites is 1. The Balaban J connectivity index is 1.39. The number of hydrogen-bond donors (Lipinski definition) is 1. The zero-order valence-electron chi connectivity index (χ0n) is 17.1. The van der Waals surface area contributed by atoms with Crippen LogP contribution in [0.3, 0.4) is 0 Å². The number of ether oxygens (including phenoxy) is 2. The van der Waals surface area contributed by atoms with Crippen LogP contribution in [-0.4, -0.2) is 62.7 Å².